The summed E-state index contributed by atoms with van der Waals surface area (Å²) in [5, 5.41) is 6.21. The lowest BCUT2D eigenvalue weighted by Crippen LogP contribution is -2.31. The van der Waals surface area contributed by atoms with Gasteiger partial charge in [-0.15, -0.1) is 0 Å². The molecule has 2 aromatic rings. The second-order valence-electron chi connectivity index (χ2n) is 5.11. The third-order valence-corrected chi connectivity index (χ3v) is 3.39. The van der Waals surface area contributed by atoms with Gasteiger partial charge in [-0.05, 0) is 24.5 Å². The van der Waals surface area contributed by atoms with Gasteiger partial charge in [-0.25, -0.2) is 0 Å². The Kier molecular flexibility index (Phi) is 3.68. The fourth-order valence-electron chi connectivity index (χ4n) is 2.19. The van der Waals surface area contributed by atoms with Crippen molar-refractivity contribution in [3.63, 3.8) is 0 Å². The predicted molar refractivity (Wildman–Crippen MR) is 81.5 cm³/mol. The van der Waals surface area contributed by atoms with Crippen molar-refractivity contribution >= 4 is 11.6 Å². The molecule has 0 unspecified atom stereocenters. The zero-order valence-corrected chi connectivity index (χ0v) is 11.3. The van der Waals surface area contributed by atoms with Gasteiger partial charge < -0.3 is 10.6 Å². The number of carbonyl (C=O) groups excluding carboxylic acids is 1. The minimum Gasteiger partial charge on any atom is -0.376 e. The molecule has 0 bridgehead atoms. The molecule has 0 atom stereocenters. The highest BCUT2D eigenvalue weighted by atomic mass is 16.2. The molecule has 1 fully saturated rings. The molecule has 0 heterocycles. The molecule has 102 valence electrons. The maximum absolute atomic E-state index is 11.7. The van der Waals surface area contributed by atoms with Gasteiger partial charge in [0.05, 0.1) is 6.54 Å². The van der Waals surface area contributed by atoms with E-state index in [-0.39, 0.29) is 5.91 Å². The van der Waals surface area contributed by atoms with E-state index >= 15 is 0 Å². The van der Waals surface area contributed by atoms with E-state index in [1.807, 2.05) is 36.4 Å². The smallest absolute Gasteiger partial charge is 0.239 e. The summed E-state index contributed by atoms with van der Waals surface area (Å²) in [5.74, 6) is 0.0652. The van der Waals surface area contributed by atoms with Crippen molar-refractivity contribution in [1.29, 1.82) is 0 Å². The normalized spacial score (nSPS) is 13.8. The number of carbonyl (C=O) groups is 1. The average Bonchev–Trinajstić information content (AvgIpc) is 3.30. The molecular weight excluding hydrogens is 248 g/mol. The Balaban J connectivity index is 1.71. The van der Waals surface area contributed by atoms with E-state index in [0.717, 1.165) is 29.7 Å². The molecule has 3 heteroatoms. The molecule has 3 nitrogen and oxygen atoms in total. The Morgan fingerprint density at radius 3 is 2.45 bits per heavy atom. The number of hydrogen-bond donors (Lipinski definition) is 2. The monoisotopic (exact) mass is 266 g/mol. The summed E-state index contributed by atoms with van der Waals surface area (Å²) < 4.78 is 0. The van der Waals surface area contributed by atoms with Crippen LogP contribution in [0.1, 0.15) is 12.8 Å². The van der Waals surface area contributed by atoms with Crippen molar-refractivity contribution in [3.8, 4) is 11.1 Å². The van der Waals surface area contributed by atoms with E-state index < -0.39 is 0 Å². The van der Waals surface area contributed by atoms with Gasteiger partial charge in [0.25, 0.3) is 0 Å². The van der Waals surface area contributed by atoms with Crippen LogP contribution in [0.2, 0.25) is 0 Å². The number of nitrogens with one attached hydrogen (secondary N) is 2. The summed E-state index contributed by atoms with van der Waals surface area (Å²) in [7, 11) is 0. The Morgan fingerprint density at radius 2 is 1.70 bits per heavy atom. The van der Waals surface area contributed by atoms with Crippen LogP contribution >= 0.6 is 0 Å². The first-order chi connectivity index (χ1) is 9.83. The van der Waals surface area contributed by atoms with Crippen molar-refractivity contribution < 1.29 is 4.79 Å². The fraction of sp³-hybridized carbons (Fsp3) is 0.235. The highest BCUT2D eigenvalue weighted by Crippen LogP contribution is 2.27. The van der Waals surface area contributed by atoms with Crippen LogP contribution in [0.25, 0.3) is 11.1 Å². The molecule has 0 saturated heterocycles. The van der Waals surface area contributed by atoms with E-state index in [1.54, 1.807) is 0 Å². The largest absolute Gasteiger partial charge is 0.376 e. The maximum Gasteiger partial charge on any atom is 0.239 e. The first kappa shape index (κ1) is 12.7. The summed E-state index contributed by atoms with van der Waals surface area (Å²) in [4.78, 5) is 11.7. The van der Waals surface area contributed by atoms with Crippen LogP contribution in [-0.4, -0.2) is 18.5 Å². The molecule has 20 heavy (non-hydrogen) atoms. The van der Waals surface area contributed by atoms with Crippen LogP contribution in [0.4, 0.5) is 5.69 Å². The first-order valence-corrected chi connectivity index (χ1v) is 7.00. The van der Waals surface area contributed by atoms with Gasteiger partial charge in [-0.1, -0.05) is 48.5 Å². The summed E-state index contributed by atoms with van der Waals surface area (Å²) in [6.07, 6.45) is 2.23. The molecule has 0 aliphatic heterocycles. The maximum atomic E-state index is 11.7. The van der Waals surface area contributed by atoms with E-state index in [2.05, 4.69) is 28.8 Å². The van der Waals surface area contributed by atoms with Crippen LogP contribution in [0.3, 0.4) is 0 Å². The minimum atomic E-state index is 0.0652. The zero-order valence-electron chi connectivity index (χ0n) is 11.3. The number of hydrogen-bond acceptors (Lipinski definition) is 2. The Labute approximate surface area is 119 Å². The summed E-state index contributed by atoms with van der Waals surface area (Å²) in [6.45, 7) is 0.320. The van der Waals surface area contributed by atoms with Gasteiger partial charge in [0.1, 0.15) is 0 Å². The van der Waals surface area contributed by atoms with Gasteiger partial charge >= 0.3 is 0 Å². The van der Waals surface area contributed by atoms with Gasteiger partial charge in [-0.3, -0.25) is 4.79 Å². The Bertz CT molecular complexity index is 591. The van der Waals surface area contributed by atoms with E-state index in [9.17, 15) is 4.79 Å². The molecule has 2 N–H and O–H groups in total. The van der Waals surface area contributed by atoms with Crippen molar-refractivity contribution in [2.45, 2.75) is 18.9 Å². The van der Waals surface area contributed by atoms with Crippen molar-refractivity contribution in [2.75, 3.05) is 11.9 Å². The lowest BCUT2D eigenvalue weighted by molar-refractivity contribution is -0.119. The quantitative estimate of drug-likeness (QED) is 0.873. The van der Waals surface area contributed by atoms with E-state index in [1.165, 1.54) is 0 Å². The highest BCUT2D eigenvalue weighted by molar-refractivity contribution is 5.84. The van der Waals surface area contributed by atoms with Gasteiger partial charge in [0.2, 0.25) is 5.91 Å². The minimum absolute atomic E-state index is 0.0652. The van der Waals surface area contributed by atoms with Crippen LogP contribution in [0.15, 0.2) is 54.6 Å². The van der Waals surface area contributed by atoms with Gasteiger partial charge in [-0.2, -0.15) is 0 Å². The zero-order chi connectivity index (χ0) is 13.8. The third-order valence-electron chi connectivity index (χ3n) is 3.39. The van der Waals surface area contributed by atoms with E-state index in [4.69, 9.17) is 0 Å². The lowest BCUT2D eigenvalue weighted by atomic mass is 10.0. The number of benzene rings is 2. The molecule has 1 saturated carbocycles. The Hall–Kier alpha value is -2.29. The highest BCUT2D eigenvalue weighted by Gasteiger charge is 2.22. The lowest BCUT2D eigenvalue weighted by Gasteiger charge is -2.12. The van der Waals surface area contributed by atoms with Crippen molar-refractivity contribution in [3.05, 3.63) is 54.6 Å². The van der Waals surface area contributed by atoms with Crippen LogP contribution in [0, 0.1) is 0 Å². The van der Waals surface area contributed by atoms with Gasteiger partial charge in [0, 0.05) is 17.3 Å². The molecular formula is C17H18N2O. The topological polar surface area (TPSA) is 41.1 Å². The Morgan fingerprint density at radius 1 is 1.00 bits per heavy atom. The second-order valence-corrected chi connectivity index (χ2v) is 5.11. The van der Waals surface area contributed by atoms with Crippen LogP contribution < -0.4 is 10.6 Å². The number of amides is 1. The summed E-state index contributed by atoms with van der Waals surface area (Å²) in [6, 6.07) is 18.7. The summed E-state index contributed by atoms with van der Waals surface area (Å²) in [5.41, 5.74) is 3.26. The molecule has 1 aliphatic rings. The molecule has 1 amide bonds. The van der Waals surface area contributed by atoms with Crippen LogP contribution in [0.5, 0.6) is 0 Å². The van der Waals surface area contributed by atoms with Crippen LogP contribution in [-0.2, 0) is 4.79 Å². The van der Waals surface area contributed by atoms with Gasteiger partial charge in [0.15, 0.2) is 0 Å². The second kappa shape index (κ2) is 5.78. The number of para-hydroxylation sites is 1. The first-order valence-electron chi connectivity index (χ1n) is 7.00. The molecule has 3 rings (SSSR count). The average molecular weight is 266 g/mol. The number of rotatable bonds is 5. The molecule has 0 spiro atoms. The standard InChI is InChI=1S/C17H18N2O/c20-17(19-14-10-11-14)12-18-16-9-5-4-8-15(16)13-6-2-1-3-7-13/h1-9,14,18H,10-12H2,(H,19,20). The third kappa shape index (κ3) is 3.18. The predicted octanol–water partition coefficient (Wildman–Crippen LogP) is 3.04. The molecule has 2 aromatic carbocycles. The summed E-state index contributed by atoms with van der Waals surface area (Å²) >= 11 is 0. The molecule has 0 radical (unpaired) electrons. The molecule has 1 aliphatic carbocycles. The SMILES string of the molecule is O=C(CNc1ccccc1-c1ccccc1)NC1CC1. The fourth-order valence-corrected chi connectivity index (χ4v) is 2.19. The van der Waals surface area contributed by atoms with Crippen molar-refractivity contribution in [2.24, 2.45) is 0 Å². The van der Waals surface area contributed by atoms with E-state index in [0.29, 0.717) is 12.6 Å². The van der Waals surface area contributed by atoms with Crippen molar-refractivity contribution in [1.82, 2.24) is 5.32 Å². The molecule has 0 aromatic heterocycles. The number of anilines is 1.